The molecular weight excluding hydrogens is 500 g/mol. The molecule has 2 fully saturated rings. The smallest absolute Gasteiger partial charge is 0.226 e. The molecule has 37 heavy (non-hydrogen) atoms. The van der Waals surface area contributed by atoms with E-state index >= 15 is 4.39 Å². The molecule has 3 aliphatic rings. The summed E-state index contributed by atoms with van der Waals surface area (Å²) in [5, 5.41) is 10.7. The molecule has 0 unspecified atom stereocenters. The van der Waals surface area contributed by atoms with Crippen molar-refractivity contribution in [1.82, 2.24) is 19.9 Å². The average Bonchev–Trinajstić information content (AvgIpc) is 3.43. The highest BCUT2D eigenvalue weighted by Gasteiger charge is 2.37. The van der Waals surface area contributed by atoms with Crippen molar-refractivity contribution in [3.63, 3.8) is 0 Å². The van der Waals surface area contributed by atoms with Gasteiger partial charge in [0.15, 0.2) is 11.6 Å². The number of aromatic nitrogens is 3. The van der Waals surface area contributed by atoms with Gasteiger partial charge in [-0.25, -0.2) is 18.7 Å². The van der Waals surface area contributed by atoms with E-state index in [9.17, 15) is 9.65 Å². The Morgan fingerprint density at radius 1 is 1.14 bits per heavy atom. The van der Waals surface area contributed by atoms with Gasteiger partial charge in [0, 0.05) is 41.7 Å². The quantitative estimate of drug-likeness (QED) is 0.433. The maximum absolute atomic E-state index is 16.4. The monoisotopic (exact) mass is 521 g/mol. The molecule has 6 heterocycles. The highest BCUT2D eigenvalue weighted by atomic mass is 32.1. The van der Waals surface area contributed by atoms with Crippen molar-refractivity contribution in [2.45, 2.75) is 25.3 Å². The van der Waals surface area contributed by atoms with E-state index in [1.807, 2.05) is 11.0 Å². The fraction of sp³-hybridized carbons (Fsp3) is 0.360. The van der Waals surface area contributed by atoms with Crippen LogP contribution in [0.1, 0.15) is 16.7 Å². The van der Waals surface area contributed by atoms with Gasteiger partial charge in [-0.1, -0.05) is 0 Å². The number of nitrogens with two attached hydrogens (primary N) is 1. The largest absolute Gasteiger partial charge is 0.389 e. The van der Waals surface area contributed by atoms with Crippen LogP contribution >= 0.6 is 11.3 Å². The van der Waals surface area contributed by atoms with Gasteiger partial charge in [0.2, 0.25) is 5.95 Å². The number of thiophene rings is 1. The number of nitrogen functional groups attached to an aromatic ring is 1. The number of ether oxygens (including phenoxy) is 2. The van der Waals surface area contributed by atoms with Crippen molar-refractivity contribution >= 4 is 43.3 Å². The number of nitrogens with zero attached hydrogens (tertiary/aromatic N) is 6. The summed E-state index contributed by atoms with van der Waals surface area (Å²) in [4.78, 5) is 17.8. The van der Waals surface area contributed by atoms with E-state index in [1.165, 1.54) is 0 Å². The third-order valence-electron chi connectivity index (χ3n) is 7.65. The van der Waals surface area contributed by atoms with Crippen LogP contribution in [0.4, 0.5) is 19.7 Å². The number of hydrogen-bond donors (Lipinski definition) is 1. The van der Waals surface area contributed by atoms with Crippen LogP contribution in [0.15, 0.2) is 12.4 Å². The van der Waals surface area contributed by atoms with Gasteiger partial charge in [-0.2, -0.15) is 5.26 Å². The normalized spacial score (nSPS) is 17.9. The molecule has 0 spiro atoms. The SMILES string of the molecule is CN(C1COC1)C1CN(c2ncc3c4c(c(-c5ncc(F)c6sc(N)c(C#N)c56)c(F)c3n2)COC4)C1. The van der Waals surface area contributed by atoms with Crippen molar-refractivity contribution < 1.29 is 18.3 Å². The van der Waals surface area contributed by atoms with E-state index in [4.69, 9.17) is 15.2 Å². The standard InChI is InChI=1S/C25H21F2N7O2S/c1-33(12-7-35-8-12)11-5-34(6-11)25-31-3-14-15-9-36-10-16(15)18(20(27)21(14)32-25)22-19-13(2-28)24(29)37-23(19)17(26)4-30-22/h3-4,11-12H,5-10,29H2,1H3. The molecule has 4 aromatic rings. The minimum absolute atomic E-state index is 0.0881. The fourth-order valence-electron chi connectivity index (χ4n) is 5.32. The predicted molar refractivity (Wildman–Crippen MR) is 134 cm³/mol. The average molecular weight is 522 g/mol. The minimum Gasteiger partial charge on any atom is -0.389 e. The first-order chi connectivity index (χ1) is 18.0. The van der Waals surface area contributed by atoms with Crippen LogP contribution in [0.5, 0.6) is 0 Å². The number of rotatable bonds is 4. The molecular formula is C25H21F2N7O2S. The molecule has 3 aliphatic heterocycles. The summed E-state index contributed by atoms with van der Waals surface area (Å²) in [5.74, 6) is -0.764. The molecule has 188 valence electrons. The number of likely N-dealkylation sites (N-methyl/N-ethyl adjacent to an activating group) is 1. The lowest BCUT2D eigenvalue weighted by Gasteiger charge is -2.48. The fourth-order valence-corrected chi connectivity index (χ4v) is 6.24. The summed E-state index contributed by atoms with van der Waals surface area (Å²) >= 11 is 0.951. The number of pyridine rings is 1. The van der Waals surface area contributed by atoms with E-state index in [1.54, 1.807) is 6.20 Å². The number of halogens is 2. The molecule has 0 amide bonds. The van der Waals surface area contributed by atoms with Crippen LogP contribution in [0, 0.1) is 23.0 Å². The molecule has 3 aromatic heterocycles. The number of nitriles is 1. The summed E-state index contributed by atoms with van der Waals surface area (Å²) in [6.45, 7) is 3.39. The Morgan fingerprint density at radius 2 is 1.92 bits per heavy atom. The maximum Gasteiger partial charge on any atom is 0.226 e. The predicted octanol–water partition coefficient (Wildman–Crippen LogP) is 3.19. The van der Waals surface area contributed by atoms with E-state index in [2.05, 4.69) is 26.9 Å². The lowest BCUT2D eigenvalue weighted by Crippen LogP contribution is -2.64. The first-order valence-corrected chi connectivity index (χ1v) is 12.7. The summed E-state index contributed by atoms with van der Waals surface area (Å²) in [5.41, 5.74) is 7.94. The van der Waals surface area contributed by atoms with Gasteiger partial charge in [-0.15, -0.1) is 11.3 Å². The molecule has 0 bridgehead atoms. The lowest BCUT2D eigenvalue weighted by atomic mass is 9.94. The van der Waals surface area contributed by atoms with Gasteiger partial charge in [0.1, 0.15) is 16.6 Å². The number of anilines is 2. The van der Waals surface area contributed by atoms with Gasteiger partial charge < -0.3 is 20.1 Å². The van der Waals surface area contributed by atoms with Gasteiger partial charge in [-0.3, -0.25) is 9.88 Å². The third-order valence-corrected chi connectivity index (χ3v) is 8.68. The molecule has 0 aliphatic carbocycles. The molecule has 12 heteroatoms. The zero-order valence-electron chi connectivity index (χ0n) is 19.8. The van der Waals surface area contributed by atoms with Gasteiger partial charge >= 0.3 is 0 Å². The lowest BCUT2D eigenvalue weighted by molar-refractivity contribution is -0.0725. The number of fused-ring (bicyclic) bond motifs is 4. The Labute approximate surface area is 214 Å². The Hall–Kier alpha value is -3.50. The molecule has 1 aromatic carbocycles. The molecule has 0 atom stereocenters. The topological polar surface area (TPSA) is 113 Å². The number of benzene rings is 1. The summed E-state index contributed by atoms with van der Waals surface area (Å²) in [7, 11) is 2.09. The molecule has 0 saturated carbocycles. The van der Waals surface area contributed by atoms with E-state index in [0.29, 0.717) is 29.0 Å². The zero-order valence-corrected chi connectivity index (χ0v) is 20.6. The van der Waals surface area contributed by atoms with Crippen LogP contribution in [0.3, 0.4) is 0 Å². The van der Waals surface area contributed by atoms with Crippen LogP contribution in [-0.4, -0.2) is 65.3 Å². The Kier molecular flexibility index (Phi) is 5.06. The highest BCUT2D eigenvalue weighted by molar-refractivity contribution is 7.23. The van der Waals surface area contributed by atoms with E-state index in [-0.39, 0.29) is 50.6 Å². The molecule has 7 rings (SSSR count). The second-order valence-electron chi connectivity index (χ2n) is 9.60. The molecule has 9 nitrogen and oxygen atoms in total. The second-order valence-corrected chi connectivity index (χ2v) is 10.7. The summed E-state index contributed by atoms with van der Waals surface area (Å²) in [6, 6.07) is 2.81. The molecule has 0 radical (unpaired) electrons. The van der Waals surface area contributed by atoms with E-state index in [0.717, 1.165) is 49.4 Å². The minimum atomic E-state index is -0.610. The Morgan fingerprint density at radius 3 is 2.65 bits per heavy atom. The van der Waals surface area contributed by atoms with Crippen LogP contribution in [0.2, 0.25) is 0 Å². The van der Waals surface area contributed by atoms with Crippen LogP contribution in [0.25, 0.3) is 32.2 Å². The van der Waals surface area contributed by atoms with Crippen LogP contribution in [-0.2, 0) is 22.7 Å². The van der Waals surface area contributed by atoms with E-state index < -0.39 is 11.6 Å². The Balaban J connectivity index is 1.36. The highest BCUT2D eigenvalue weighted by Crippen LogP contribution is 2.45. The van der Waals surface area contributed by atoms with Gasteiger partial charge in [0.05, 0.1) is 54.6 Å². The summed E-state index contributed by atoms with van der Waals surface area (Å²) in [6.07, 6.45) is 2.68. The van der Waals surface area contributed by atoms with Crippen LogP contribution < -0.4 is 10.6 Å². The summed E-state index contributed by atoms with van der Waals surface area (Å²) < 4.78 is 42.2. The third kappa shape index (κ3) is 3.25. The number of hydrogen-bond acceptors (Lipinski definition) is 10. The maximum atomic E-state index is 16.4. The zero-order chi connectivity index (χ0) is 25.4. The van der Waals surface area contributed by atoms with Gasteiger partial charge in [-0.05, 0) is 18.2 Å². The first-order valence-electron chi connectivity index (χ1n) is 11.9. The van der Waals surface area contributed by atoms with Crippen molar-refractivity contribution in [1.29, 1.82) is 5.26 Å². The molecule has 2 saturated heterocycles. The first kappa shape index (κ1) is 22.7. The van der Waals surface area contributed by atoms with Crippen molar-refractivity contribution in [3.8, 4) is 17.3 Å². The van der Waals surface area contributed by atoms with Gasteiger partial charge in [0.25, 0.3) is 0 Å². The van der Waals surface area contributed by atoms with Crippen molar-refractivity contribution in [2.75, 3.05) is 44.0 Å². The molecule has 2 N–H and O–H groups in total. The van der Waals surface area contributed by atoms with Crippen molar-refractivity contribution in [2.24, 2.45) is 0 Å². The Bertz CT molecular complexity index is 1640. The van der Waals surface area contributed by atoms with Crippen molar-refractivity contribution in [3.05, 3.63) is 40.7 Å². The second kappa shape index (κ2) is 8.26.